The zero-order valence-electron chi connectivity index (χ0n) is 22.9. The third kappa shape index (κ3) is 4.62. The van der Waals surface area contributed by atoms with Crippen LogP contribution in [0.4, 0.5) is 0 Å². The van der Waals surface area contributed by atoms with E-state index in [-0.39, 0.29) is 29.5 Å². The predicted octanol–water partition coefficient (Wildman–Crippen LogP) is 1.09. The Morgan fingerprint density at radius 3 is 2.42 bits per heavy atom. The van der Waals surface area contributed by atoms with E-state index in [1.54, 1.807) is 6.92 Å². The maximum Gasteiger partial charge on any atom is 0.352 e. The molecular formula is C29H39IN4O6+2. The molecular weight excluding hydrogens is 627 g/mol. The zero-order valence-corrected chi connectivity index (χ0v) is 25.1. The average Bonchev–Trinajstić information content (AvgIpc) is 3.21. The highest BCUT2D eigenvalue weighted by Crippen LogP contribution is 2.52. The number of carbonyl (C=O) groups is 3. The Morgan fingerprint density at radius 1 is 1.15 bits per heavy atom. The van der Waals surface area contributed by atoms with Gasteiger partial charge in [-0.25, -0.2) is 4.79 Å². The number of carboxylic acid groups (broad SMARTS) is 1. The van der Waals surface area contributed by atoms with Crippen LogP contribution in [0.1, 0.15) is 31.7 Å². The van der Waals surface area contributed by atoms with E-state index in [1.807, 2.05) is 6.07 Å². The first-order valence-corrected chi connectivity index (χ1v) is 15.5. The molecule has 4 N–H and O–H groups in total. The summed E-state index contributed by atoms with van der Waals surface area (Å²) in [7, 11) is 0. The molecule has 216 valence electrons. The number of carboxylic acids is 1. The van der Waals surface area contributed by atoms with Gasteiger partial charge in [-0.1, -0.05) is 6.07 Å². The van der Waals surface area contributed by atoms with E-state index < -0.39 is 24.1 Å². The summed E-state index contributed by atoms with van der Waals surface area (Å²) in [6.45, 7) is 9.47. The van der Waals surface area contributed by atoms with Crippen molar-refractivity contribution < 1.29 is 38.3 Å². The molecule has 5 fully saturated rings. The molecule has 40 heavy (non-hydrogen) atoms. The van der Waals surface area contributed by atoms with Crippen molar-refractivity contribution in [2.24, 2.45) is 17.6 Å². The molecule has 1 saturated carbocycles. The molecule has 7 rings (SSSR count). The monoisotopic (exact) mass is 666 g/mol. The minimum absolute atomic E-state index is 0.0590. The van der Waals surface area contributed by atoms with Gasteiger partial charge in [-0.3, -0.25) is 9.59 Å². The van der Waals surface area contributed by atoms with Gasteiger partial charge in [0.25, 0.3) is 5.91 Å². The molecule has 1 aromatic carbocycles. The van der Waals surface area contributed by atoms with E-state index in [1.165, 1.54) is 10.5 Å². The molecule has 4 unspecified atom stereocenters. The van der Waals surface area contributed by atoms with Gasteiger partial charge in [-0.05, 0) is 66.5 Å². The highest BCUT2D eigenvalue weighted by molar-refractivity contribution is 14.1. The maximum absolute atomic E-state index is 12.8. The number of aliphatic hydroxyl groups is 1. The van der Waals surface area contributed by atoms with Gasteiger partial charge in [-0.2, -0.15) is 0 Å². The lowest BCUT2D eigenvalue weighted by Crippen LogP contribution is -2.76. The quantitative estimate of drug-likeness (QED) is 0.206. The highest BCUT2D eigenvalue weighted by atomic mass is 127. The van der Waals surface area contributed by atoms with E-state index in [2.05, 4.69) is 34.7 Å². The van der Waals surface area contributed by atoms with Gasteiger partial charge < -0.3 is 34.5 Å². The first kappa shape index (κ1) is 27.9. The van der Waals surface area contributed by atoms with Crippen LogP contribution in [0.2, 0.25) is 0 Å². The molecule has 1 aliphatic carbocycles. The lowest BCUT2D eigenvalue weighted by Gasteiger charge is -2.55. The number of hydrogen-bond donors (Lipinski definition) is 3. The van der Waals surface area contributed by atoms with E-state index in [0.29, 0.717) is 18.5 Å². The fourth-order valence-corrected chi connectivity index (χ4v) is 8.83. The lowest BCUT2D eigenvalue weighted by molar-refractivity contribution is -1.08. The number of hydrogen-bond acceptors (Lipinski definition) is 5. The van der Waals surface area contributed by atoms with Gasteiger partial charge in [0.1, 0.15) is 56.8 Å². The van der Waals surface area contributed by atoms with E-state index in [9.17, 15) is 24.6 Å². The molecule has 4 saturated heterocycles. The molecule has 0 spiro atoms. The lowest BCUT2D eigenvalue weighted by atomic mass is 9.71. The summed E-state index contributed by atoms with van der Waals surface area (Å²) >= 11 is 2.30. The Bertz CT molecular complexity index is 1260. The Kier molecular flexibility index (Phi) is 7.16. The number of carbonyl (C=O) groups excluding carboxylic acids is 2. The van der Waals surface area contributed by atoms with Gasteiger partial charge in [0.2, 0.25) is 5.91 Å². The molecule has 6 aliphatic rings. The van der Waals surface area contributed by atoms with Crippen LogP contribution in [0.5, 0.6) is 5.75 Å². The van der Waals surface area contributed by atoms with Crippen LogP contribution >= 0.6 is 22.6 Å². The first-order chi connectivity index (χ1) is 19.0. The summed E-state index contributed by atoms with van der Waals surface area (Å²) in [5.41, 5.74) is 7.53. The molecule has 10 nitrogen and oxygen atoms in total. The Hall–Kier alpha value is -2.22. The topological polar surface area (TPSA) is 130 Å². The number of nitrogens with zero attached hydrogens (tertiary/aromatic N) is 3. The van der Waals surface area contributed by atoms with Crippen molar-refractivity contribution in [2.45, 2.75) is 50.9 Å². The number of aliphatic carboxylic acids is 1. The van der Waals surface area contributed by atoms with Crippen LogP contribution in [0, 0.1) is 15.4 Å². The van der Waals surface area contributed by atoms with Crippen molar-refractivity contribution in [3.8, 4) is 5.75 Å². The van der Waals surface area contributed by atoms with Gasteiger partial charge in [0, 0.05) is 17.9 Å². The van der Waals surface area contributed by atoms with Crippen molar-refractivity contribution in [3.05, 3.63) is 38.6 Å². The number of halogens is 1. The van der Waals surface area contributed by atoms with E-state index in [4.69, 9.17) is 10.5 Å². The number of ether oxygens (including phenoxy) is 1. The standard InChI is InChI=1S/C29H37IN4O6/c1-17(35)24-26-19-3-2-4-22(25(19)27(29(38)39)32(26)28(24)37)40-21-6-5-18(15-20(21)30)7-8-33-9-12-34(13-10-33,14-11-33)16-23(31)36/h5-6,15,17,19,22,24,26,35H,2-4,7-14,16H2,1H3,(H-2,31,36,38,39)/p+2/t17?,19-,22?,24?,26?,33?,34?/m0/s1. The largest absolute Gasteiger partial charge is 0.485 e. The summed E-state index contributed by atoms with van der Waals surface area (Å²) in [5.74, 6) is -1.52. The van der Waals surface area contributed by atoms with Crippen molar-refractivity contribution >= 4 is 40.4 Å². The Labute approximate surface area is 248 Å². The van der Waals surface area contributed by atoms with Crippen LogP contribution in [0.25, 0.3) is 0 Å². The van der Waals surface area contributed by atoms with Crippen molar-refractivity contribution in [2.75, 3.05) is 52.4 Å². The highest BCUT2D eigenvalue weighted by Gasteiger charge is 2.62. The Morgan fingerprint density at radius 2 is 1.82 bits per heavy atom. The number of aliphatic hydroxyl groups excluding tert-OH is 1. The molecule has 1 aromatic rings. The number of piperazine rings is 3. The summed E-state index contributed by atoms with van der Waals surface area (Å²) in [6, 6.07) is 5.98. The minimum atomic E-state index is -1.10. The van der Waals surface area contributed by atoms with Gasteiger partial charge in [0.15, 0.2) is 6.54 Å². The molecule has 0 aromatic heterocycles. The van der Waals surface area contributed by atoms with E-state index in [0.717, 1.165) is 83.4 Å². The number of β-lactam (4-membered cyclic amide) rings is 1. The molecule has 5 aliphatic heterocycles. The predicted molar refractivity (Wildman–Crippen MR) is 154 cm³/mol. The maximum atomic E-state index is 12.8. The fraction of sp³-hybridized carbons (Fsp3) is 0.621. The van der Waals surface area contributed by atoms with Crippen molar-refractivity contribution in [1.82, 2.24) is 4.90 Å². The smallest absolute Gasteiger partial charge is 0.352 e. The third-order valence-corrected chi connectivity index (χ3v) is 11.2. The van der Waals surface area contributed by atoms with Gasteiger partial charge >= 0.3 is 5.97 Å². The number of quaternary nitrogens is 2. The Balaban J connectivity index is 1.14. The van der Waals surface area contributed by atoms with Gasteiger partial charge in [-0.15, -0.1) is 0 Å². The molecule has 5 atom stereocenters. The number of rotatable bonds is 9. The number of fused-ring (bicyclic) bond motifs is 6. The minimum Gasteiger partial charge on any atom is -0.485 e. The summed E-state index contributed by atoms with van der Waals surface area (Å²) < 4.78 is 9.45. The van der Waals surface area contributed by atoms with Gasteiger partial charge in [0.05, 0.1) is 28.2 Å². The van der Waals surface area contributed by atoms with Crippen LogP contribution in [0.3, 0.4) is 0 Å². The van der Waals surface area contributed by atoms with Crippen LogP contribution in [0.15, 0.2) is 29.5 Å². The summed E-state index contributed by atoms with van der Waals surface area (Å²) in [5, 5.41) is 20.3. The van der Waals surface area contributed by atoms with Crippen LogP contribution in [-0.2, 0) is 20.8 Å². The first-order valence-electron chi connectivity index (χ1n) is 14.5. The normalized spacial score (nSPS) is 35.2. The molecule has 2 amide bonds. The second-order valence-corrected chi connectivity index (χ2v) is 13.8. The summed E-state index contributed by atoms with van der Waals surface area (Å²) in [4.78, 5) is 38.0. The number of primary amides is 1. The molecule has 2 bridgehead atoms. The average molecular weight is 667 g/mol. The van der Waals surface area contributed by atoms with Crippen LogP contribution < -0.4 is 10.5 Å². The molecule has 0 radical (unpaired) electrons. The van der Waals surface area contributed by atoms with Crippen LogP contribution in [-0.4, -0.2) is 112 Å². The number of nitrogens with two attached hydrogens (primary N) is 1. The van der Waals surface area contributed by atoms with E-state index >= 15 is 0 Å². The number of amides is 2. The molecule has 11 heteroatoms. The second kappa shape index (κ2) is 10.2. The number of benzene rings is 1. The summed E-state index contributed by atoms with van der Waals surface area (Å²) in [6.07, 6.45) is 2.12. The molecule has 5 heterocycles. The second-order valence-electron chi connectivity index (χ2n) is 12.6. The fourth-order valence-electron chi connectivity index (χ4n) is 8.12. The third-order valence-electron chi connectivity index (χ3n) is 10.3. The zero-order chi connectivity index (χ0) is 28.4. The van der Waals surface area contributed by atoms with Crippen molar-refractivity contribution in [3.63, 3.8) is 0 Å². The SMILES string of the molecule is CC(O)C1C(=O)N2C(C(=O)O)=C3C(Oc4ccc(CC[N+]56CC[N+](CC(N)=O)(CC5)CC6)cc4I)CCC[C@@H]3C12. The van der Waals surface area contributed by atoms with Crippen molar-refractivity contribution in [1.29, 1.82) is 0 Å².